The molecule has 0 atom stereocenters. The zero-order valence-electron chi connectivity index (χ0n) is 15.4. The predicted octanol–water partition coefficient (Wildman–Crippen LogP) is 5.37. The van der Waals surface area contributed by atoms with E-state index in [-0.39, 0.29) is 0 Å². The van der Waals surface area contributed by atoms with Crippen molar-refractivity contribution in [3.63, 3.8) is 0 Å². The summed E-state index contributed by atoms with van der Waals surface area (Å²) >= 11 is 0. The van der Waals surface area contributed by atoms with E-state index >= 15 is 0 Å². The molecule has 0 fully saturated rings. The fourth-order valence-corrected chi connectivity index (χ4v) is 2.82. The number of nitrogens with one attached hydrogen (secondary N) is 1. The summed E-state index contributed by atoms with van der Waals surface area (Å²) in [5.41, 5.74) is 4.81. The van der Waals surface area contributed by atoms with Crippen molar-refractivity contribution in [1.82, 2.24) is 0 Å². The van der Waals surface area contributed by atoms with Crippen LogP contribution in [0.2, 0.25) is 0 Å². The molecule has 0 amide bonds. The van der Waals surface area contributed by atoms with Crippen LogP contribution in [0.1, 0.15) is 16.7 Å². The van der Waals surface area contributed by atoms with Gasteiger partial charge in [0.15, 0.2) is 0 Å². The summed E-state index contributed by atoms with van der Waals surface area (Å²) in [5, 5.41) is 3.50. The first-order chi connectivity index (χ1) is 12.7. The maximum Gasteiger partial charge on any atom is 0.124 e. The van der Waals surface area contributed by atoms with Gasteiger partial charge in [-0.05, 0) is 43.7 Å². The van der Waals surface area contributed by atoms with Gasteiger partial charge in [-0.3, -0.25) is 0 Å². The molecule has 0 bridgehead atoms. The van der Waals surface area contributed by atoms with Crippen molar-refractivity contribution in [2.75, 3.05) is 18.5 Å². The van der Waals surface area contributed by atoms with E-state index in [1.165, 1.54) is 11.1 Å². The summed E-state index contributed by atoms with van der Waals surface area (Å²) in [6, 6.07) is 24.3. The van der Waals surface area contributed by atoms with Crippen LogP contribution in [0.5, 0.6) is 11.5 Å². The summed E-state index contributed by atoms with van der Waals surface area (Å²) in [5.74, 6) is 1.75. The van der Waals surface area contributed by atoms with E-state index in [0.29, 0.717) is 13.2 Å². The maximum atomic E-state index is 5.93. The fourth-order valence-electron chi connectivity index (χ4n) is 2.82. The van der Waals surface area contributed by atoms with E-state index in [2.05, 4.69) is 43.4 Å². The smallest absolute Gasteiger partial charge is 0.124 e. The van der Waals surface area contributed by atoms with E-state index in [4.69, 9.17) is 9.47 Å². The molecule has 3 aromatic carbocycles. The van der Waals surface area contributed by atoms with Crippen LogP contribution in [0.15, 0.2) is 72.8 Å². The minimum absolute atomic E-state index is 0.509. The molecule has 0 spiro atoms. The zero-order chi connectivity index (χ0) is 18.2. The van der Waals surface area contributed by atoms with Crippen LogP contribution in [0.25, 0.3) is 0 Å². The minimum Gasteiger partial charge on any atom is -0.490 e. The van der Waals surface area contributed by atoms with Crippen LogP contribution >= 0.6 is 0 Å². The van der Waals surface area contributed by atoms with Gasteiger partial charge in [-0.15, -0.1) is 0 Å². The van der Waals surface area contributed by atoms with Crippen molar-refractivity contribution in [2.24, 2.45) is 0 Å². The molecule has 0 aliphatic heterocycles. The second-order valence-corrected chi connectivity index (χ2v) is 6.29. The topological polar surface area (TPSA) is 30.5 Å². The van der Waals surface area contributed by atoms with Gasteiger partial charge in [0.1, 0.15) is 24.7 Å². The number of hydrogen-bond acceptors (Lipinski definition) is 3. The second kappa shape index (κ2) is 8.95. The SMILES string of the molecule is Cc1ccc(NCc2ccccc2OCCOc2ccccc2)c(C)c1. The molecular weight excluding hydrogens is 322 g/mol. The fraction of sp³-hybridized carbons (Fsp3) is 0.217. The molecular formula is C23H25NO2. The molecule has 3 nitrogen and oxygen atoms in total. The Labute approximate surface area is 155 Å². The number of rotatable bonds is 8. The van der Waals surface area contributed by atoms with Crippen molar-refractivity contribution in [3.8, 4) is 11.5 Å². The Morgan fingerprint density at radius 2 is 1.50 bits per heavy atom. The first-order valence-corrected chi connectivity index (χ1v) is 8.92. The number of aryl methyl sites for hydroxylation is 2. The van der Waals surface area contributed by atoms with Gasteiger partial charge in [0.25, 0.3) is 0 Å². The molecule has 0 aliphatic rings. The van der Waals surface area contributed by atoms with Crippen molar-refractivity contribution in [3.05, 3.63) is 89.5 Å². The number of anilines is 1. The standard InChI is InChI=1S/C23H25NO2/c1-18-12-13-22(19(2)16-18)24-17-20-8-6-7-11-23(20)26-15-14-25-21-9-4-3-5-10-21/h3-13,16,24H,14-15,17H2,1-2H3. The van der Waals surface area contributed by atoms with Gasteiger partial charge in [-0.2, -0.15) is 0 Å². The number of hydrogen-bond donors (Lipinski definition) is 1. The van der Waals surface area contributed by atoms with Crippen molar-refractivity contribution in [1.29, 1.82) is 0 Å². The lowest BCUT2D eigenvalue weighted by Gasteiger charge is -2.14. The highest BCUT2D eigenvalue weighted by molar-refractivity contribution is 5.52. The van der Waals surface area contributed by atoms with Gasteiger partial charge in [0, 0.05) is 17.8 Å². The molecule has 0 radical (unpaired) electrons. The van der Waals surface area contributed by atoms with Crippen molar-refractivity contribution >= 4 is 5.69 Å². The van der Waals surface area contributed by atoms with Gasteiger partial charge in [-0.1, -0.05) is 54.1 Å². The Hall–Kier alpha value is -2.94. The lowest BCUT2D eigenvalue weighted by Crippen LogP contribution is -2.11. The first kappa shape index (κ1) is 17.9. The molecule has 3 heteroatoms. The molecule has 3 rings (SSSR count). The van der Waals surface area contributed by atoms with Crippen LogP contribution in [-0.4, -0.2) is 13.2 Å². The van der Waals surface area contributed by atoms with Gasteiger partial charge < -0.3 is 14.8 Å². The third-order valence-electron chi connectivity index (χ3n) is 4.18. The summed E-state index contributed by atoms with van der Waals surface area (Å²) in [6.07, 6.45) is 0. The molecule has 1 N–H and O–H groups in total. The minimum atomic E-state index is 0.509. The third kappa shape index (κ3) is 5.03. The molecule has 0 unspecified atom stereocenters. The van der Waals surface area contributed by atoms with Gasteiger partial charge in [0.05, 0.1) is 0 Å². The average Bonchev–Trinajstić information content (AvgIpc) is 2.66. The first-order valence-electron chi connectivity index (χ1n) is 8.92. The Morgan fingerprint density at radius 3 is 2.31 bits per heavy atom. The van der Waals surface area contributed by atoms with Gasteiger partial charge in [0.2, 0.25) is 0 Å². The molecule has 0 aromatic heterocycles. The van der Waals surface area contributed by atoms with Crippen LogP contribution in [-0.2, 0) is 6.54 Å². The molecule has 3 aromatic rings. The molecule has 26 heavy (non-hydrogen) atoms. The molecule has 0 aliphatic carbocycles. The van der Waals surface area contributed by atoms with Crippen molar-refractivity contribution < 1.29 is 9.47 Å². The third-order valence-corrected chi connectivity index (χ3v) is 4.18. The highest BCUT2D eigenvalue weighted by atomic mass is 16.5. The lowest BCUT2D eigenvalue weighted by atomic mass is 10.1. The summed E-state index contributed by atoms with van der Waals surface area (Å²) < 4.78 is 11.6. The molecule has 134 valence electrons. The Kier molecular flexibility index (Phi) is 6.15. The molecule has 0 heterocycles. The summed E-state index contributed by atoms with van der Waals surface area (Å²) in [4.78, 5) is 0. The van der Waals surface area contributed by atoms with E-state index in [1.807, 2.05) is 48.5 Å². The Morgan fingerprint density at radius 1 is 0.769 bits per heavy atom. The normalized spacial score (nSPS) is 10.4. The number of para-hydroxylation sites is 2. The molecule has 0 saturated carbocycles. The number of benzene rings is 3. The maximum absolute atomic E-state index is 5.93. The van der Waals surface area contributed by atoms with Gasteiger partial charge >= 0.3 is 0 Å². The highest BCUT2D eigenvalue weighted by Crippen LogP contribution is 2.22. The van der Waals surface area contributed by atoms with Crippen LogP contribution in [0.4, 0.5) is 5.69 Å². The largest absolute Gasteiger partial charge is 0.490 e. The van der Waals surface area contributed by atoms with Crippen molar-refractivity contribution in [2.45, 2.75) is 20.4 Å². The monoisotopic (exact) mass is 347 g/mol. The van der Waals surface area contributed by atoms with E-state index in [0.717, 1.165) is 29.3 Å². The van der Waals surface area contributed by atoms with E-state index in [1.54, 1.807) is 0 Å². The lowest BCUT2D eigenvalue weighted by molar-refractivity contribution is 0.216. The van der Waals surface area contributed by atoms with Crippen LogP contribution in [0.3, 0.4) is 0 Å². The van der Waals surface area contributed by atoms with E-state index in [9.17, 15) is 0 Å². The predicted molar refractivity (Wildman–Crippen MR) is 107 cm³/mol. The number of ether oxygens (including phenoxy) is 2. The zero-order valence-corrected chi connectivity index (χ0v) is 15.4. The van der Waals surface area contributed by atoms with Crippen LogP contribution in [0, 0.1) is 13.8 Å². The average molecular weight is 347 g/mol. The van der Waals surface area contributed by atoms with E-state index < -0.39 is 0 Å². The highest BCUT2D eigenvalue weighted by Gasteiger charge is 2.05. The van der Waals surface area contributed by atoms with Gasteiger partial charge in [-0.25, -0.2) is 0 Å². The van der Waals surface area contributed by atoms with Crippen LogP contribution < -0.4 is 14.8 Å². The Balaban J connectivity index is 1.54. The summed E-state index contributed by atoms with van der Waals surface area (Å²) in [7, 11) is 0. The summed E-state index contributed by atoms with van der Waals surface area (Å²) in [6.45, 7) is 5.98. The Bertz CT molecular complexity index is 831. The molecule has 0 saturated heterocycles. The second-order valence-electron chi connectivity index (χ2n) is 6.29. The quantitative estimate of drug-likeness (QED) is 0.555.